The second-order valence-electron chi connectivity index (χ2n) is 5.27. The maximum absolute atomic E-state index is 12.0. The first-order valence-electron chi connectivity index (χ1n) is 7.12. The Morgan fingerprint density at radius 3 is 2.95 bits per heavy atom. The highest BCUT2D eigenvalue weighted by Crippen LogP contribution is 2.29. The van der Waals surface area contributed by atoms with Gasteiger partial charge in [0, 0.05) is 6.54 Å². The second kappa shape index (κ2) is 5.22. The fourth-order valence-corrected chi connectivity index (χ4v) is 4.67. The molecule has 1 aromatic heterocycles. The number of nitrogens with two attached hydrogens (primary N) is 1. The first-order chi connectivity index (χ1) is 10.0. The van der Waals surface area contributed by atoms with Gasteiger partial charge in [0.05, 0.1) is 23.1 Å². The van der Waals surface area contributed by atoms with Gasteiger partial charge >= 0.3 is 0 Å². The molecule has 1 saturated heterocycles. The van der Waals surface area contributed by atoms with Crippen molar-refractivity contribution in [3.63, 3.8) is 0 Å². The molecule has 21 heavy (non-hydrogen) atoms. The molecule has 114 valence electrons. The molecule has 6 nitrogen and oxygen atoms in total. The van der Waals surface area contributed by atoms with Crippen molar-refractivity contribution in [3.05, 3.63) is 18.2 Å². The predicted molar refractivity (Wildman–Crippen MR) is 82.1 cm³/mol. The van der Waals surface area contributed by atoms with Gasteiger partial charge < -0.3 is 15.0 Å². The zero-order chi connectivity index (χ0) is 15.0. The number of ether oxygens (including phenoxy) is 1. The lowest BCUT2D eigenvalue weighted by Crippen LogP contribution is -2.23. The predicted octanol–water partition coefficient (Wildman–Crippen LogP) is 1.59. The normalized spacial score (nSPS) is 20.9. The molecule has 0 aliphatic carbocycles. The zero-order valence-corrected chi connectivity index (χ0v) is 12.8. The van der Waals surface area contributed by atoms with Crippen LogP contribution in [0.3, 0.4) is 0 Å². The van der Waals surface area contributed by atoms with Crippen molar-refractivity contribution < 1.29 is 13.2 Å². The number of imidazole rings is 1. The molecule has 2 aromatic rings. The van der Waals surface area contributed by atoms with E-state index in [4.69, 9.17) is 10.5 Å². The molecular formula is C14H19N3O3S. The zero-order valence-electron chi connectivity index (χ0n) is 11.9. The van der Waals surface area contributed by atoms with Gasteiger partial charge in [-0.1, -0.05) is 6.07 Å². The molecule has 0 amide bonds. The van der Waals surface area contributed by atoms with Gasteiger partial charge in [0.1, 0.15) is 11.3 Å². The van der Waals surface area contributed by atoms with Crippen molar-refractivity contribution in [3.8, 4) is 5.75 Å². The minimum absolute atomic E-state index is 0.272. The van der Waals surface area contributed by atoms with E-state index in [-0.39, 0.29) is 11.0 Å². The van der Waals surface area contributed by atoms with Gasteiger partial charge in [-0.3, -0.25) is 0 Å². The summed E-state index contributed by atoms with van der Waals surface area (Å²) < 4.78 is 31.3. The van der Waals surface area contributed by atoms with Crippen LogP contribution in [0, 0.1) is 0 Å². The number of nitrogen functional groups attached to an aromatic ring is 1. The van der Waals surface area contributed by atoms with Gasteiger partial charge in [-0.25, -0.2) is 13.4 Å². The number of nitrogens with zero attached hydrogens (tertiary/aromatic N) is 2. The van der Waals surface area contributed by atoms with Crippen LogP contribution in [0.15, 0.2) is 18.2 Å². The van der Waals surface area contributed by atoms with Gasteiger partial charge in [0.2, 0.25) is 5.95 Å². The summed E-state index contributed by atoms with van der Waals surface area (Å²) in [7, 11) is -3.00. The average molecular weight is 309 g/mol. The lowest BCUT2D eigenvalue weighted by Gasteiger charge is -2.12. The van der Waals surface area contributed by atoms with E-state index in [1.54, 1.807) is 4.57 Å². The van der Waals surface area contributed by atoms with E-state index in [9.17, 15) is 8.42 Å². The van der Waals surface area contributed by atoms with Crippen LogP contribution in [-0.2, 0) is 16.4 Å². The first-order valence-corrected chi connectivity index (χ1v) is 8.83. The third-order valence-corrected chi connectivity index (χ3v) is 6.18. The molecule has 0 spiro atoms. The van der Waals surface area contributed by atoms with E-state index in [1.165, 1.54) is 0 Å². The standard InChI is InChI=1S/C14H19N3O3S/c1-2-20-12-7-3-6-11-13(12)16-14(15)17(11)9-10-5-4-8-21(10,18)19/h3,6-7,10H,2,4-5,8-9H2,1H3,(H2,15,16). The van der Waals surface area contributed by atoms with Gasteiger partial charge in [0.25, 0.3) is 0 Å². The lowest BCUT2D eigenvalue weighted by molar-refractivity contribution is 0.343. The van der Waals surface area contributed by atoms with Crippen LogP contribution in [0.2, 0.25) is 0 Å². The molecule has 0 bridgehead atoms. The molecule has 7 heteroatoms. The Morgan fingerprint density at radius 1 is 1.48 bits per heavy atom. The van der Waals surface area contributed by atoms with E-state index in [2.05, 4.69) is 4.98 Å². The van der Waals surface area contributed by atoms with E-state index < -0.39 is 9.84 Å². The van der Waals surface area contributed by atoms with E-state index >= 15 is 0 Å². The monoisotopic (exact) mass is 309 g/mol. The van der Waals surface area contributed by atoms with Crippen molar-refractivity contribution in [1.82, 2.24) is 9.55 Å². The topological polar surface area (TPSA) is 87.2 Å². The molecule has 1 aliphatic heterocycles. The fourth-order valence-electron chi connectivity index (χ4n) is 2.87. The van der Waals surface area contributed by atoms with Crippen LogP contribution in [-0.4, -0.2) is 35.6 Å². The van der Waals surface area contributed by atoms with Gasteiger partial charge in [-0.2, -0.15) is 0 Å². The summed E-state index contributed by atoms with van der Waals surface area (Å²) in [6, 6.07) is 5.60. The van der Waals surface area contributed by atoms with Crippen LogP contribution in [0.1, 0.15) is 19.8 Å². The first kappa shape index (κ1) is 14.2. The third-order valence-electron chi connectivity index (χ3n) is 3.92. The number of fused-ring (bicyclic) bond motifs is 1. The SMILES string of the molecule is CCOc1cccc2c1nc(N)n2CC1CCCS1(=O)=O. The van der Waals surface area contributed by atoms with Crippen LogP contribution >= 0.6 is 0 Å². The molecule has 1 aromatic carbocycles. The number of hydrogen-bond acceptors (Lipinski definition) is 5. The smallest absolute Gasteiger partial charge is 0.201 e. The minimum Gasteiger partial charge on any atom is -0.492 e. The highest BCUT2D eigenvalue weighted by atomic mass is 32.2. The summed E-state index contributed by atoms with van der Waals surface area (Å²) in [5, 5.41) is -0.368. The maximum Gasteiger partial charge on any atom is 0.201 e. The number of benzene rings is 1. The summed E-state index contributed by atoms with van der Waals surface area (Å²) in [6.45, 7) is 2.81. The van der Waals surface area contributed by atoms with Gasteiger partial charge in [-0.05, 0) is 31.9 Å². The summed E-state index contributed by atoms with van der Waals surface area (Å²) >= 11 is 0. The summed E-state index contributed by atoms with van der Waals surface area (Å²) in [6.07, 6.45) is 1.41. The molecule has 2 heterocycles. The molecule has 0 radical (unpaired) electrons. The maximum atomic E-state index is 12.0. The highest BCUT2D eigenvalue weighted by Gasteiger charge is 2.32. The second-order valence-corrected chi connectivity index (χ2v) is 7.67. The molecule has 1 aliphatic rings. The molecule has 3 rings (SSSR count). The van der Waals surface area contributed by atoms with E-state index in [1.807, 2.05) is 25.1 Å². The number of hydrogen-bond donors (Lipinski definition) is 1. The molecule has 2 N–H and O–H groups in total. The van der Waals surface area contributed by atoms with Crippen molar-refractivity contribution >= 4 is 26.8 Å². The van der Waals surface area contributed by atoms with Crippen LogP contribution in [0.25, 0.3) is 11.0 Å². The fraction of sp³-hybridized carbons (Fsp3) is 0.500. The summed E-state index contributed by atoms with van der Waals surface area (Å²) in [5.74, 6) is 1.28. The quantitative estimate of drug-likeness (QED) is 0.926. The van der Waals surface area contributed by atoms with Crippen molar-refractivity contribution in [2.45, 2.75) is 31.6 Å². The Kier molecular flexibility index (Phi) is 3.52. The highest BCUT2D eigenvalue weighted by molar-refractivity contribution is 7.92. The summed E-state index contributed by atoms with van der Waals surface area (Å²) in [4.78, 5) is 4.34. The Balaban J connectivity index is 2.03. The van der Waals surface area contributed by atoms with Crippen LogP contribution < -0.4 is 10.5 Å². The Bertz CT molecular complexity index is 767. The van der Waals surface area contributed by atoms with Crippen LogP contribution in [0.5, 0.6) is 5.75 Å². The largest absolute Gasteiger partial charge is 0.492 e. The van der Waals surface area contributed by atoms with Crippen molar-refractivity contribution in [1.29, 1.82) is 0 Å². The van der Waals surface area contributed by atoms with E-state index in [0.29, 0.717) is 36.8 Å². The average Bonchev–Trinajstić information content (AvgIpc) is 2.93. The molecule has 1 atom stereocenters. The molecular weight excluding hydrogens is 290 g/mol. The van der Waals surface area contributed by atoms with Crippen LogP contribution in [0.4, 0.5) is 5.95 Å². The lowest BCUT2D eigenvalue weighted by atomic mass is 10.2. The number of sulfone groups is 1. The third kappa shape index (κ3) is 2.46. The number of anilines is 1. The van der Waals surface area contributed by atoms with Gasteiger partial charge in [-0.15, -0.1) is 0 Å². The molecule has 0 saturated carbocycles. The Labute approximate surface area is 123 Å². The van der Waals surface area contributed by atoms with E-state index in [0.717, 1.165) is 11.9 Å². The summed E-state index contributed by atoms with van der Waals surface area (Å²) in [5.41, 5.74) is 7.49. The van der Waals surface area contributed by atoms with Gasteiger partial charge in [0.15, 0.2) is 9.84 Å². The molecule has 1 unspecified atom stereocenters. The Morgan fingerprint density at radius 2 is 2.29 bits per heavy atom. The van der Waals surface area contributed by atoms with Crippen molar-refractivity contribution in [2.75, 3.05) is 18.1 Å². The number of aromatic nitrogens is 2. The Hall–Kier alpha value is -1.76. The number of rotatable bonds is 4. The minimum atomic E-state index is -3.00. The number of para-hydroxylation sites is 1. The molecule has 1 fully saturated rings. The van der Waals surface area contributed by atoms with Crippen molar-refractivity contribution in [2.24, 2.45) is 0 Å².